The molecule has 13 nitrogen and oxygen atoms in total. The third kappa shape index (κ3) is 15.2. The molecule has 0 radical (unpaired) electrons. The molecule has 3 N–H and O–H groups in total. The molecule has 6 atom stereocenters. The lowest BCUT2D eigenvalue weighted by Gasteiger charge is -2.44. The third-order valence-electron chi connectivity index (χ3n) is 13.6. The first-order chi connectivity index (χ1) is 27.7. The number of carbonyl (C=O) groups excluding carboxylic acids is 3. The summed E-state index contributed by atoms with van der Waals surface area (Å²) in [5.74, 6) is 1.37. The topological polar surface area (TPSA) is 168 Å². The lowest BCUT2D eigenvalue weighted by atomic mass is 9.82. The van der Waals surface area contributed by atoms with E-state index in [2.05, 4.69) is 41.1 Å². The number of Topliss-reactive ketones (excluding diaryl/α,β-unsaturated/α-hetero) is 1. The molecule has 2 saturated carbocycles. The van der Waals surface area contributed by atoms with Gasteiger partial charge in [-0.3, -0.25) is 14.6 Å². The maximum Gasteiger partial charge on any atom is 0.410 e. The van der Waals surface area contributed by atoms with Crippen molar-refractivity contribution in [3.63, 3.8) is 0 Å². The Bertz CT molecular complexity index is 1450. The molecule has 4 aliphatic heterocycles. The van der Waals surface area contributed by atoms with Crippen LogP contribution in [0.15, 0.2) is 0 Å². The number of rotatable bonds is 6. The van der Waals surface area contributed by atoms with E-state index >= 15 is 0 Å². The van der Waals surface area contributed by atoms with Gasteiger partial charge in [-0.15, -0.1) is 0 Å². The summed E-state index contributed by atoms with van der Waals surface area (Å²) in [6.07, 6.45) is 16.2. The number of hydrogen-bond donors (Lipinski definition) is 2. The first-order valence-corrected chi connectivity index (χ1v) is 23.0. The van der Waals surface area contributed by atoms with Gasteiger partial charge in [-0.25, -0.2) is 9.59 Å². The van der Waals surface area contributed by atoms with Crippen molar-refractivity contribution in [1.29, 1.82) is 10.5 Å². The van der Waals surface area contributed by atoms with E-state index in [-0.39, 0.29) is 23.3 Å². The largest absolute Gasteiger partial charge is 0.444 e. The number of nitrogens with one attached hydrogen (secondary N) is 1. The Hall–Kier alpha value is -2.97. The van der Waals surface area contributed by atoms with Crippen molar-refractivity contribution in [1.82, 2.24) is 24.9 Å². The van der Waals surface area contributed by atoms with Gasteiger partial charge in [0.05, 0.1) is 12.1 Å². The molecule has 2 unspecified atom stereocenters. The highest BCUT2D eigenvalue weighted by Gasteiger charge is 2.44. The second kappa shape index (κ2) is 21.7. The van der Waals surface area contributed by atoms with Crippen LogP contribution in [0.2, 0.25) is 0 Å². The van der Waals surface area contributed by atoms with Gasteiger partial charge in [0.1, 0.15) is 17.0 Å². The number of amides is 2. The molecule has 59 heavy (non-hydrogen) atoms. The van der Waals surface area contributed by atoms with Crippen LogP contribution < -0.4 is 11.1 Å². The molecule has 4 saturated heterocycles. The molecular formula is C46H80N8O5. The smallest absolute Gasteiger partial charge is 0.410 e. The predicted molar refractivity (Wildman–Crippen MR) is 231 cm³/mol. The van der Waals surface area contributed by atoms with Crippen molar-refractivity contribution in [3.8, 4) is 12.1 Å². The average Bonchev–Trinajstić information content (AvgIpc) is 3.78. The highest BCUT2D eigenvalue weighted by atomic mass is 16.6. The molecule has 4 heterocycles. The summed E-state index contributed by atoms with van der Waals surface area (Å²) in [6.45, 7) is 22.7. The molecule has 13 heteroatoms. The predicted octanol–water partition coefficient (Wildman–Crippen LogP) is 7.38. The lowest BCUT2D eigenvalue weighted by molar-refractivity contribution is -0.122. The van der Waals surface area contributed by atoms with Crippen molar-refractivity contribution >= 4 is 18.0 Å². The minimum absolute atomic E-state index is 0.0163. The summed E-state index contributed by atoms with van der Waals surface area (Å²) < 4.78 is 11.0. The van der Waals surface area contributed by atoms with Crippen LogP contribution in [0.5, 0.6) is 0 Å². The van der Waals surface area contributed by atoms with E-state index in [1.807, 2.05) is 46.4 Å². The van der Waals surface area contributed by atoms with E-state index in [1.54, 1.807) is 4.90 Å². The van der Waals surface area contributed by atoms with Gasteiger partial charge >= 0.3 is 12.2 Å². The Morgan fingerprint density at radius 1 is 0.695 bits per heavy atom. The van der Waals surface area contributed by atoms with Crippen LogP contribution in [-0.2, 0) is 14.3 Å². The molecule has 2 aliphatic carbocycles. The van der Waals surface area contributed by atoms with E-state index in [4.69, 9.17) is 25.7 Å². The van der Waals surface area contributed by atoms with E-state index in [0.717, 1.165) is 84.3 Å². The molecule has 0 aromatic carbocycles. The standard InChI is InChI=1S/C23H40N4O2.C15H26N2O3.C8H14N2/c1-22(2,3)29-21(28)26-16-12-23(4,17-26)27-14-10-19(11-15-27)25-20-8-6-5-7-18(20)9-13-24;1-14(2,3)20-13(19)16-10-7-15(4,11-16)17-8-5-12(18)6-9-17;9-6-5-7-3-1-2-4-8(7)10/h18-20,25H,5-12,14-17H2,1-4H3;5-11H2,1-4H3;7-8H,1-5,10H2/t18-,20+,23?;;7-,8+/m1.1/s1. The van der Waals surface area contributed by atoms with Crippen molar-refractivity contribution in [3.05, 3.63) is 0 Å². The maximum atomic E-state index is 12.4. The van der Waals surface area contributed by atoms with Crippen LogP contribution in [0.3, 0.4) is 0 Å². The molecule has 6 fully saturated rings. The van der Waals surface area contributed by atoms with Gasteiger partial charge in [0, 0.05) is 107 Å². The fourth-order valence-electron chi connectivity index (χ4n) is 9.95. The number of ether oxygens (including phenoxy) is 2. The summed E-state index contributed by atoms with van der Waals surface area (Å²) in [5, 5.41) is 21.5. The molecule has 0 aromatic rings. The molecule has 0 aromatic heterocycles. The first kappa shape index (κ1) is 48.7. The lowest BCUT2D eigenvalue weighted by Crippen LogP contribution is -2.56. The Kier molecular flexibility index (Phi) is 17.9. The normalized spacial score (nSPS) is 31.2. The fraction of sp³-hybridized carbons (Fsp3) is 0.891. The van der Waals surface area contributed by atoms with Crippen molar-refractivity contribution < 1.29 is 23.9 Å². The number of piperidine rings is 2. The monoisotopic (exact) mass is 825 g/mol. The molecule has 6 aliphatic rings. The van der Waals surface area contributed by atoms with Gasteiger partial charge in [-0.05, 0) is 119 Å². The number of nitrogens with zero attached hydrogens (tertiary/aromatic N) is 6. The summed E-state index contributed by atoms with van der Waals surface area (Å²) in [7, 11) is 0. The molecular weight excluding hydrogens is 745 g/mol. The van der Waals surface area contributed by atoms with Crippen molar-refractivity contribution in [2.45, 2.75) is 199 Å². The zero-order chi connectivity index (χ0) is 43.4. The molecule has 6 rings (SSSR count). The quantitative estimate of drug-likeness (QED) is 0.274. The van der Waals surface area contributed by atoms with Crippen molar-refractivity contribution in [2.75, 3.05) is 52.4 Å². The van der Waals surface area contributed by atoms with E-state index in [1.165, 1.54) is 38.5 Å². The highest BCUT2D eigenvalue weighted by Crippen LogP contribution is 2.34. The zero-order valence-corrected chi connectivity index (χ0v) is 38.2. The number of carbonyl (C=O) groups is 3. The maximum absolute atomic E-state index is 12.4. The fourth-order valence-corrected chi connectivity index (χ4v) is 9.95. The number of likely N-dealkylation sites (tertiary alicyclic amines) is 4. The summed E-state index contributed by atoms with van der Waals surface area (Å²) in [6, 6.07) is 5.95. The van der Waals surface area contributed by atoms with Crippen LogP contribution in [0, 0.1) is 34.5 Å². The van der Waals surface area contributed by atoms with Crippen LogP contribution in [-0.4, -0.2) is 130 Å². The van der Waals surface area contributed by atoms with Crippen LogP contribution >= 0.6 is 0 Å². The zero-order valence-electron chi connectivity index (χ0n) is 38.2. The van der Waals surface area contributed by atoms with Crippen LogP contribution in [0.1, 0.15) is 158 Å². The van der Waals surface area contributed by atoms with Crippen molar-refractivity contribution in [2.24, 2.45) is 17.6 Å². The molecule has 2 amide bonds. The number of nitriles is 2. The van der Waals surface area contributed by atoms with Crippen LogP contribution in [0.25, 0.3) is 0 Å². The Labute approximate surface area is 357 Å². The second-order valence-electron chi connectivity index (χ2n) is 20.8. The SMILES string of the molecule is CC(C)(C)OC(=O)N1CCC(C)(N2CCC(=O)CC2)C1.CC(C)(C)OC(=O)N1CCC(C)(N2CCC(N[C@H]3CCCC[C@@H]3CC#N)CC2)C1.N#CC[C@H]1CCCC[C@@H]1N. The number of nitrogens with two attached hydrogens (primary N) is 1. The highest BCUT2D eigenvalue weighted by molar-refractivity contribution is 5.79. The van der Waals surface area contributed by atoms with Gasteiger partial charge in [0.2, 0.25) is 0 Å². The Morgan fingerprint density at radius 2 is 1.14 bits per heavy atom. The first-order valence-electron chi connectivity index (χ1n) is 23.0. The third-order valence-corrected chi connectivity index (χ3v) is 13.6. The Morgan fingerprint density at radius 3 is 1.61 bits per heavy atom. The summed E-state index contributed by atoms with van der Waals surface area (Å²) in [5.41, 5.74) is 4.96. The Balaban J connectivity index is 0.000000220. The van der Waals surface area contributed by atoms with E-state index in [9.17, 15) is 14.4 Å². The minimum Gasteiger partial charge on any atom is -0.444 e. The minimum atomic E-state index is -0.451. The number of ketones is 1. The van der Waals surface area contributed by atoms with Gasteiger partial charge in [0.15, 0.2) is 0 Å². The number of hydrogen-bond acceptors (Lipinski definition) is 11. The summed E-state index contributed by atoms with van der Waals surface area (Å²) in [4.78, 5) is 44.5. The second-order valence-corrected chi connectivity index (χ2v) is 20.8. The van der Waals surface area contributed by atoms with Gasteiger partial charge < -0.3 is 30.3 Å². The summed E-state index contributed by atoms with van der Waals surface area (Å²) >= 11 is 0. The van der Waals surface area contributed by atoms with Crippen LogP contribution in [0.4, 0.5) is 9.59 Å². The van der Waals surface area contributed by atoms with E-state index in [0.29, 0.717) is 68.0 Å². The van der Waals surface area contributed by atoms with Gasteiger partial charge in [-0.2, -0.15) is 10.5 Å². The molecule has 334 valence electrons. The molecule has 0 bridgehead atoms. The molecule has 0 spiro atoms. The average molecular weight is 825 g/mol. The van der Waals surface area contributed by atoms with Gasteiger partial charge in [0.25, 0.3) is 0 Å². The van der Waals surface area contributed by atoms with E-state index < -0.39 is 11.2 Å². The van der Waals surface area contributed by atoms with Gasteiger partial charge in [-0.1, -0.05) is 25.7 Å².